The number of carboxylic acid groups (broad SMARTS) is 1. The zero-order chi connectivity index (χ0) is 30.4. The van der Waals surface area contributed by atoms with Gasteiger partial charge in [-0.1, -0.05) is 23.7 Å². The Bertz CT molecular complexity index is 2030. The monoisotopic (exact) mass is 615 g/mol. The molecule has 1 aliphatic heterocycles. The molecule has 1 saturated heterocycles. The van der Waals surface area contributed by atoms with Crippen LogP contribution in [0, 0.1) is 11.6 Å². The summed E-state index contributed by atoms with van der Waals surface area (Å²) in [4.78, 5) is 20.6. The molecule has 0 bridgehead atoms. The Morgan fingerprint density at radius 3 is 2.64 bits per heavy atom. The van der Waals surface area contributed by atoms with Gasteiger partial charge < -0.3 is 23.6 Å². The van der Waals surface area contributed by atoms with Crippen molar-refractivity contribution in [2.24, 2.45) is 0 Å². The molecule has 6 aromatic rings. The highest BCUT2D eigenvalue weighted by atomic mass is 35.5. The van der Waals surface area contributed by atoms with Crippen LogP contribution in [0.15, 0.2) is 77.4 Å². The number of hydrogen-bond acceptors (Lipinski definition) is 6. The number of carboxylic acids is 1. The SMILES string of the molecule is O=C(O)c1ccc2nc(Cc3c(F)cc(-c4cccc(OCc5ccc(Cl)c6ccoc56)n4)cc3F)n(C[C@@H]3CCO3)c2c1. The summed E-state index contributed by atoms with van der Waals surface area (Å²) in [5, 5.41) is 10.8. The van der Waals surface area contributed by atoms with Gasteiger partial charge in [-0.25, -0.2) is 23.5 Å². The predicted octanol–water partition coefficient (Wildman–Crippen LogP) is 7.43. The Morgan fingerprint density at radius 1 is 1.07 bits per heavy atom. The lowest BCUT2D eigenvalue weighted by atomic mass is 10.0. The molecule has 4 heterocycles. The Labute approximate surface area is 254 Å². The topological polar surface area (TPSA) is 99.6 Å². The Balaban J connectivity index is 1.15. The summed E-state index contributed by atoms with van der Waals surface area (Å²) in [5.41, 5.74) is 3.02. The number of aromatic carboxylic acids is 1. The molecule has 222 valence electrons. The Kier molecular flexibility index (Phi) is 7.23. The summed E-state index contributed by atoms with van der Waals surface area (Å²) in [7, 11) is 0. The van der Waals surface area contributed by atoms with Crippen LogP contribution in [0.25, 0.3) is 33.3 Å². The summed E-state index contributed by atoms with van der Waals surface area (Å²) in [6.45, 7) is 1.18. The van der Waals surface area contributed by atoms with Crippen LogP contribution in [0.4, 0.5) is 8.78 Å². The van der Waals surface area contributed by atoms with E-state index in [1.165, 1.54) is 24.3 Å². The molecule has 0 spiro atoms. The number of halogens is 3. The summed E-state index contributed by atoms with van der Waals surface area (Å²) in [6.07, 6.45) is 2.17. The van der Waals surface area contributed by atoms with Crippen molar-refractivity contribution in [2.75, 3.05) is 6.61 Å². The lowest BCUT2D eigenvalue weighted by Crippen LogP contribution is -2.31. The molecule has 0 radical (unpaired) electrons. The van der Waals surface area contributed by atoms with Crippen molar-refractivity contribution in [1.29, 1.82) is 0 Å². The van der Waals surface area contributed by atoms with Crippen molar-refractivity contribution in [3.8, 4) is 17.1 Å². The molecule has 0 saturated carbocycles. The maximum Gasteiger partial charge on any atom is 0.335 e. The summed E-state index contributed by atoms with van der Waals surface area (Å²) in [5.74, 6) is -1.89. The lowest BCUT2D eigenvalue weighted by molar-refractivity contribution is -0.0589. The van der Waals surface area contributed by atoms with Gasteiger partial charge in [0.15, 0.2) is 0 Å². The first-order valence-corrected chi connectivity index (χ1v) is 14.3. The molecule has 1 aliphatic rings. The van der Waals surface area contributed by atoms with Gasteiger partial charge in [0.1, 0.15) is 29.6 Å². The van der Waals surface area contributed by atoms with Gasteiger partial charge in [-0.3, -0.25) is 0 Å². The first-order valence-electron chi connectivity index (χ1n) is 13.9. The van der Waals surface area contributed by atoms with E-state index in [2.05, 4.69) is 9.97 Å². The highest BCUT2D eigenvalue weighted by molar-refractivity contribution is 6.35. The van der Waals surface area contributed by atoms with Gasteiger partial charge in [0.25, 0.3) is 0 Å². The van der Waals surface area contributed by atoms with E-state index in [4.69, 9.17) is 25.5 Å². The Morgan fingerprint density at radius 2 is 1.89 bits per heavy atom. The molecular weight excluding hydrogens is 592 g/mol. The van der Waals surface area contributed by atoms with Gasteiger partial charge in [0.2, 0.25) is 5.88 Å². The molecule has 0 amide bonds. The first kappa shape index (κ1) is 28.0. The van der Waals surface area contributed by atoms with E-state index in [1.807, 2.05) is 0 Å². The van der Waals surface area contributed by atoms with Crippen molar-refractivity contribution < 1.29 is 32.6 Å². The number of furan rings is 1. The molecule has 3 aromatic heterocycles. The van der Waals surface area contributed by atoms with Crippen molar-refractivity contribution >= 4 is 39.6 Å². The van der Waals surface area contributed by atoms with Gasteiger partial charge in [0.05, 0.1) is 46.2 Å². The average Bonchev–Trinajstić information content (AvgIpc) is 3.62. The summed E-state index contributed by atoms with van der Waals surface area (Å²) < 4.78 is 49.9. The van der Waals surface area contributed by atoms with Crippen LogP contribution >= 0.6 is 11.6 Å². The maximum absolute atomic E-state index is 15.5. The van der Waals surface area contributed by atoms with E-state index in [0.717, 1.165) is 17.4 Å². The second-order valence-corrected chi connectivity index (χ2v) is 11.0. The number of nitrogens with zero attached hydrogens (tertiary/aromatic N) is 3. The number of imidazole rings is 1. The number of fused-ring (bicyclic) bond motifs is 2. The standard InChI is InChI=1S/C33H24ClF2N3O5/c34-24-6-4-19(32-22(24)9-11-43-32)17-44-31-3-1-2-27(38-31)20-12-25(35)23(26(36)13-20)15-30-37-28-7-5-18(33(40)41)14-29(28)39(30)16-21-8-10-42-21/h1-7,9,11-14,21H,8,10,15-17H2,(H,40,41)/t21-/m0/s1. The van der Waals surface area contributed by atoms with Gasteiger partial charge in [0, 0.05) is 41.2 Å². The molecule has 0 aliphatic carbocycles. The van der Waals surface area contributed by atoms with E-state index >= 15 is 8.78 Å². The van der Waals surface area contributed by atoms with Gasteiger partial charge in [-0.05, 0) is 55.0 Å². The van der Waals surface area contributed by atoms with Crippen LogP contribution in [0.5, 0.6) is 5.88 Å². The maximum atomic E-state index is 15.5. The average molecular weight is 616 g/mol. The third kappa shape index (κ3) is 5.27. The smallest absolute Gasteiger partial charge is 0.335 e. The second-order valence-electron chi connectivity index (χ2n) is 10.5. The van der Waals surface area contributed by atoms with Crippen molar-refractivity contribution in [2.45, 2.75) is 32.1 Å². The van der Waals surface area contributed by atoms with Crippen LogP contribution in [-0.4, -0.2) is 38.3 Å². The van der Waals surface area contributed by atoms with E-state index in [1.54, 1.807) is 53.3 Å². The largest absolute Gasteiger partial charge is 0.478 e. The van der Waals surface area contributed by atoms with Gasteiger partial charge >= 0.3 is 5.97 Å². The molecule has 11 heteroatoms. The number of benzene rings is 3. The third-order valence-electron chi connectivity index (χ3n) is 7.77. The fourth-order valence-electron chi connectivity index (χ4n) is 5.36. The van der Waals surface area contributed by atoms with E-state index in [9.17, 15) is 9.90 Å². The highest BCUT2D eigenvalue weighted by Crippen LogP contribution is 2.30. The number of carbonyl (C=O) groups is 1. The summed E-state index contributed by atoms with van der Waals surface area (Å²) in [6, 6.07) is 17.4. The normalized spacial score (nSPS) is 14.7. The van der Waals surface area contributed by atoms with E-state index in [0.29, 0.717) is 46.3 Å². The van der Waals surface area contributed by atoms with Crippen LogP contribution < -0.4 is 4.74 Å². The molecular formula is C33H24ClF2N3O5. The minimum Gasteiger partial charge on any atom is -0.478 e. The second kappa shape index (κ2) is 11.4. The zero-order valence-corrected chi connectivity index (χ0v) is 23.9. The number of aromatic nitrogens is 3. The molecule has 1 fully saturated rings. The van der Waals surface area contributed by atoms with Crippen molar-refractivity contribution in [3.05, 3.63) is 112 Å². The highest BCUT2D eigenvalue weighted by Gasteiger charge is 2.24. The van der Waals surface area contributed by atoms with Crippen molar-refractivity contribution in [1.82, 2.24) is 14.5 Å². The van der Waals surface area contributed by atoms with Crippen LogP contribution in [0.2, 0.25) is 5.02 Å². The number of pyridine rings is 1. The third-order valence-corrected chi connectivity index (χ3v) is 8.10. The van der Waals surface area contributed by atoms with Gasteiger partial charge in [-0.2, -0.15) is 0 Å². The summed E-state index contributed by atoms with van der Waals surface area (Å²) >= 11 is 6.22. The molecule has 8 nitrogen and oxygen atoms in total. The first-order chi connectivity index (χ1) is 21.3. The molecule has 1 N–H and O–H groups in total. The number of rotatable bonds is 9. The van der Waals surface area contributed by atoms with E-state index in [-0.39, 0.29) is 41.7 Å². The van der Waals surface area contributed by atoms with Crippen LogP contribution in [-0.2, 0) is 24.3 Å². The van der Waals surface area contributed by atoms with Crippen LogP contribution in [0.1, 0.15) is 33.7 Å². The van der Waals surface area contributed by atoms with Crippen LogP contribution in [0.3, 0.4) is 0 Å². The minimum absolute atomic E-state index is 0.0814. The fraction of sp³-hybridized carbons (Fsp3) is 0.182. The fourth-order valence-corrected chi connectivity index (χ4v) is 5.57. The quantitative estimate of drug-likeness (QED) is 0.180. The molecule has 7 rings (SSSR count). The molecule has 3 aromatic carbocycles. The lowest BCUT2D eigenvalue weighted by Gasteiger charge is -2.27. The Hall–Kier alpha value is -4.80. The zero-order valence-electron chi connectivity index (χ0n) is 23.1. The van der Waals surface area contributed by atoms with E-state index < -0.39 is 17.6 Å². The van der Waals surface area contributed by atoms with Crippen molar-refractivity contribution in [3.63, 3.8) is 0 Å². The molecule has 1 atom stereocenters. The number of hydrogen-bond donors (Lipinski definition) is 1. The number of ether oxygens (including phenoxy) is 2. The van der Waals surface area contributed by atoms with Gasteiger partial charge in [-0.15, -0.1) is 0 Å². The molecule has 0 unspecified atom stereocenters. The minimum atomic E-state index is -1.07. The molecule has 44 heavy (non-hydrogen) atoms. The predicted molar refractivity (Wildman–Crippen MR) is 159 cm³/mol.